The first-order valence-electron chi connectivity index (χ1n) is 5.57. The van der Waals surface area contributed by atoms with Crippen LogP contribution < -0.4 is 10.1 Å². The normalized spacial score (nSPS) is 12.4. The fraction of sp³-hybridized carbons (Fsp3) is 0.500. The van der Waals surface area contributed by atoms with E-state index in [9.17, 15) is 4.21 Å². The molecule has 0 aliphatic heterocycles. The maximum atomic E-state index is 10.8. The molecule has 0 heterocycles. The minimum atomic E-state index is -0.682. The molecule has 0 spiro atoms. The van der Waals surface area contributed by atoms with Gasteiger partial charge >= 0.3 is 0 Å². The van der Waals surface area contributed by atoms with Gasteiger partial charge in [-0.3, -0.25) is 4.21 Å². The van der Waals surface area contributed by atoms with Crippen molar-refractivity contribution >= 4 is 26.7 Å². The highest BCUT2D eigenvalue weighted by molar-refractivity contribution is 9.10. The maximum Gasteiger partial charge on any atom is 0.120 e. The van der Waals surface area contributed by atoms with Crippen LogP contribution in [-0.2, 0) is 10.8 Å². The minimum Gasteiger partial charge on any atom is -0.492 e. The first-order chi connectivity index (χ1) is 8.18. The van der Waals surface area contributed by atoms with E-state index in [0.29, 0.717) is 6.61 Å². The number of nitrogens with one attached hydrogen (secondary N) is 1. The van der Waals surface area contributed by atoms with Crippen molar-refractivity contribution in [3.8, 4) is 5.75 Å². The molecule has 1 atom stereocenters. The summed E-state index contributed by atoms with van der Waals surface area (Å²) in [5, 5.41) is 3.25. The fourth-order valence-electron chi connectivity index (χ4n) is 1.32. The van der Waals surface area contributed by atoms with Gasteiger partial charge in [-0.1, -0.05) is 22.0 Å². The van der Waals surface area contributed by atoms with Crippen LogP contribution in [0.15, 0.2) is 28.7 Å². The van der Waals surface area contributed by atoms with Crippen LogP contribution in [0.25, 0.3) is 0 Å². The van der Waals surface area contributed by atoms with Gasteiger partial charge in [0, 0.05) is 33.8 Å². The average Bonchev–Trinajstić information content (AvgIpc) is 2.27. The topological polar surface area (TPSA) is 38.3 Å². The van der Waals surface area contributed by atoms with Crippen LogP contribution in [-0.4, -0.2) is 35.9 Å². The van der Waals surface area contributed by atoms with Gasteiger partial charge in [-0.05, 0) is 31.2 Å². The summed E-state index contributed by atoms with van der Waals surface area (Å²) in [6.07, 6.45) is 2.68. The van der Waals surface area contributed by atoms with Crippen molar-refractivity contribution < 1.29 is 8.95 Å². The van der Waals surface area contributed by atoms with E-state index in [2.05, 4.69) is 21.2 Å². The Balaban J connectivity index is 2.03. The lowest BCUT2D eigenvalue weighted by Crippen LogP contribution is -2.23. The highest BCUT2D eigenvalue weighted by Crippen LogP contribution is 2.17. The van der Waals surface area contributed by atoms with E-state index < -0.39 is 10.8 Å². The number of hydrogen-bond donors (Lipinski definition) is 1. The first-order valence-corrected chi connectivity index (χ1v) is 8.09. The van der Waals surface area contributed by atoms with Gasteiger partial charge in [0.25, 0.3) is 0 Å². The Morgan fingerprint density at radius 3 is 2.94 bits per heavy atom. The van der Waals surface area contributed by atoms with Gasteiger partial charge in [-0.2, -0.15) is 0 Å². The van der Waals surface area contributed by atoms with Gasteiger partial charge in [0.2, 0.25) is 0 Å². The SMILES string of the molecule is CS(=O)CCCNCCOc1cccc(Br)c1. The average molecular weight is 320 g/mol. The highest BCUT2D eigenvalue weighted by Gasteiger charge is 1.95. The van der Waals surface area contributed by atoms with E-state index in [0.717, 1.165) is 35.5 Å². The predicted octanol–water partition coefficient (Wildman–Crippen LogP) is 2.19. The second-order valence-corrected chi connectivity index (χ2v) is 6.16. The zero-order valence-corrected chi connectivity index (χ0v) is 12.4. The second kappa shape index (κ2) is 8.66. The van der Waals surface area contributed by atoms with Crippen molar-refractivity contribution in [2.45, 2.75) is 6.42 Å². The van der Waals surface area contributed by atoms with Crippen molar-refractivity contribution in [2.75, 3.05) is 31.7 Å². The molecule has 0 amide bonds. The van der Waals surface area contributed by atoms with Crippen molar-refractivity contribution in [2.24, 2.45) is 0 Å². The van der Waals surface area contributed by atoms with Crippen LogP contribution in [0.3, 0.4) is 0 Å². The Labute approximate surface area is 114 Å². The fourth-order valence-corrected chi connectivity index (χ4v) is 2.25. The zero-order chi connectivity index (χ0) is 12.5. The summed E-state index contributed by atoms with van der Waals surface area (Å²) in [6, 6.07) is 7.80. The molecule has 1 N–H and O–H groups in total. The lowest BCUT2D eigenvalue weighted by Gasteiger charge is -2.07. The van der Waals surface area contributed by atoms with Gasteiger partial charge in [0.1, 0.15) is 12.4 Å². The third-order valence-electron chi connectivity index (χ3n) is 2.13. The zero-order valence-electron chi connectivity index (χ0n) is 9.95. The molecular weight excluding hydrogens is 302 g/mol. The molecule has 0 aliphatic carbocycles. The Hall–Kier alpha value is -0.390. The van der Waals surface area contributed by atoms with E-state index in [1.54, 1.807) is 6.26 Å². The van der Waals surface area contributed by atoms with Gasteiger partial charge in [0.05, 0.1) is 0 Å². The summed E-state index contributed by atoms with van der Waals surface area (Å²) in [5.74, 6) is 1.63. The van der Waals surface area contributed by atoms with Crippen molar-refractivity contribution in [1.29, 1.82) is 0 Å². The quantitative estimate of drug-likeness (QED) is 0.746. The van der Waals surface area contributed by atoms with Gasteiger partial charge in [-0.25, -0.2) is 0 Å². The largest absolute Gasteiger partial charge is 0.492 e. The number of benzene rings is 1. The summed E-state index contributed by atoms with van der Waals surface area (Å²) in [7, 11) is -0.682. The van der Waals surface area contributed by atoms with Crippen molar-refractivity contribution in [1.82, 2.24) is 5.32 Å². The molecule has 1 unspecified atom stereocenters. The molecule has 17 heavy (non-hydrogen) atoms. The molecule has 5 heteroatoms. The minimum absolute atomic E-state index is 0.645. The van der Waals surface area contributed by atoms with Crippen LogP contribution in [0.1, 0.15) is 6.42 Å². The number of halogens is 1. The summed E-state index contributed by atoms with van der Waals surface area (Å²) < 4.78 is 17.4. The molecule has 1 aromatic rings. The third kappa shape index (κ3) is 7.52. The predicted molar refractivity (Wildman–Crippen MR) is 76.1 cm³/mol. The van der Waals surface area contributed by atoms with Gasteiger partial charge < -0.3 is 10.1 Å². The van der Waals surface area contributed by atoms with Crippen molar-refractivity contribution in [3.05, 3.63) is 28.7 Å². The van der Waals surface area contributed by atoms with Crippen molar-refractivity contribution in [3.63, 3.8) is 0 Å². The Morgan fingerprint density at radius 1 is 1.41 bits per heavy atom. The van der Waals surface area contributed by atoms with Gasteiger partial charge in [0.15, 0.2) is 0 Å². The number of ether oxygens (including phenoxy) is 1. The maximum absolute atomic E-state index is 10.8. The molecule has 0 aliphatic rings. The number of rotatable bonds is 8. The summed E-state index contributed by atoms with van der Waals surface area (Å²) in [6.45, 7) is 2.34. The molecule has 0 saturated carbocycles. The first kappa shape index (κ1) is 14.7. The molecule has 96 valence electrons. The summed E-state index contributed by atoms with van der Waals surface area (Å²) in [5.41, 5.74) is 0. The molecule has 0 aromatic heterocycles. The van der Waals surface area contributed by atoms with Crippen LogP contribution in [0.2, 0.25) is 0 Å². The summed E-state index contributed by atoms with van der Waals surface area (Å²) in [4.78, 5) is 0. The van der Waals surface area contributed by atoms with Crippen LogP contribution in [0.4, 0.5) is 0 Å². The van der Waals surface area contributed by atoms with E-state index in [1.165, 1.54) is 0 Å². The molecule has 0 radical (unpaired) electrons. The lowest BCUT2D eigenvalue weighted by molar-refractivity contribution is 0.314. The lowest BCUT2D eigenvalue weighted by atomic mass is 10.3. The molecule has 0 bridgehead atoms. The van der Waals surface area contributed by atoms with Gasteiger partial charge in [-0.15, -0.1) is 0 Å². The molecule has 1 rings (SSSR count). The molecule has 0 saturated heterocycles. The van der Waals surface area contributed by atoms with E-state index >= 15 is 0 Å². The Kier molecular flexibility index (Phi) is 7.48. The smallest absolute Gasteiger partial charge is 0.120 e. The van der Waals surface area contributed by atoms with Crippen LogP contribution >= 0.6 is 15.9 Å². The molecular formula is C12H18BrNO2S. The third-order valence-corrected chi connectivity index (χ3v) is 3.49. The second-order valence-electron chi connectivity index (χ2n) is 3.69. The van der Waals surface area contributed by atoms with E-state index in [-0.39, 0.29) is 0 Å². The Bertz CT molecular complexity index is 360. The van der Waals surface area contributed by atoms with Crippen LogP contribution in [0.5, 0.6) is 5.75 Å². The van der Waals surface area contributed by atoms with Crippen LogP contribution in [0, 0.1) is 0 Å². The van der Waals surface area contributed by atoms with E-state index in [4.69, 9.17) is 4.74 Å². The number of hydrogen-bond acceptors (Lipinski definition) is 3. The van der Waals surface area contributed by atoms with E-state index in [1.807, 2.05) is 24.3 Å². The highest BCUT2D eigenvalue weighted by atomic mass is 79.9. The molecule has 3 nitrogen and oxygen atoms in total. The molecule has 1 aromatic carbocycles. The monoisotopic (exact) mass is 319 g/mol. The Morgan fingerprint density at radius 2 is 2.24 bits per heavy atom. The standard InChI is InChI=1S/C12H18BrNO2S/c1-17(15)9-3-6-14-7-8-16-12-5-2-4-11(13)10-12/h2,4-5,10,14H,3,6-9H2,1H3. The molecule has 0 fully saturated rings. The summed E-state index contributed by atoms with van der Waals surface area (Å²) >= 11 is 3.39.